The molecular formula is C17H24N2O4. The molecule has 0 spiro atoms. The molecule has 0 aromatic heterocycles. The molecule has 0 radical (unpaired) electrons. The number of piperidine rings is 1. The van der Waals surface area contributed by atoms with Gasteiger partial charge in [0.15, 0.2) is 0 Å². The standard InChI is InChI=1S/C17H24N2O4/c1-4-18-16(20)12-8-10-19(11-9-12)17(21)15-13(22-2)6-5-7-14(15)23-3/h5-7,12H,4,8-11H2,1-3H3,(H,18,20). The summed E-state index contributed by atoms with van der Waals surface area (Å²) in [5, 5.41) is 2.85. The number of hydrogen-bond donors (Lipinski definition) is 1. The van der Waals surface area contributed by atoms with Gasteiger partial charge in [-0.05, 0) is 31.9 Å². The van der Waals surface area contributed by atoms with Crippen molar-refractivity contribution in [2.24, 2.45) is 5.92 Å². The molecule has 1 N–H and O–H groups in total. The van der Waals surface area contributed by atoms with Crippen molar-refractivity contribution in [3.05, 3.63) is 23.8 Å². The fourth-order valence-corrected chi connectivity index (χ4v) is 2.88. The molecule has 0 saturated carbocycles. The molecular weight excluding hydrogens is 296 g/mol. The van der Waals surface area contributed by atoms with Crippen LogP contribution in [0.15, 0.2) is 18.2 Å². The Hall–Kier alpha value is -2.24. The number of ether oxygens (including phenoxy) is 2. The number of hydrogen-bond acceptors (Lipinski definition) is 4. The number of carbonyl (C=O) groups is 2. The maximum Gasteiger partial charge on any atom is 0.261 e. The molecule has 0 unspecified atom stereocenters. The number of nitrogens with one attached hydrogen (secondary N) is 1. The van der Waals surface area contributed by atoms with Crippen LogP contribution in [0, 0.1) is 5.92 Å². The van der Waals surface area contributed by atoms with Crippen molar-refractivity contribution in [2.45, 2.75) is 19.8 Å². The Kier molecular flexibility index (Phi) is 5.84. The molecule has 1 fully saturated rings. The fourth-order valence-electron chi connectivity index (χ4n) is 2.88. The highest BCUT2D eigenvalue weighted by Crippen LogP contribution is 2.31. The molecule has 1 aromatic carbocycles. The van der Waals surface area contributed by atoms with Crippen LogP contribution >= 0.6 is 0 Å². The lowest BCUT2D eigenvalue weighted by atomic mass is 9.95. The predicted octanol–water partition coefficient (Wildman–Crippen LogP) is 1.69. The Morgan fingerprint density at radius 2 is 1.74 bits per heavy atom. The molecule has 23 heavy (non-hydrogen) atoms. The second kappa shape index (κ2) is 7.85. The third-order valence-corrected chi connectivity index (χ3v) is 4.15. The smallest absolute Gasteiger partial charge is 0.261 e. The van der Waals surface area contributed by atoms with E-state index in [0.717, 1.165) is 0 Å². The van der Waals surface area contributed by atoms with Gasteiger partial charge in [0.05, 0.1) is 14.2 Å². The molecule has 1 saturated heterocycles. The summed E-state index contributed by atoms with van der Waals surface area (Å²) in [6, 6.07) is 5.28. The van der Waals surface area contributed by atoms with Crippen LogP contribution in [-0.4, -0.2) is 50.6 Å². The highest BCUT2D eigenvalue weighted by atomic mass is 16.5. The van der Waals surface area contributed by atoms with Gasteiger partial charge >= 0.3 is 0 Å². The SMILES string of the molecule is CCNC(=O)C1CCN(C(=O)c2c(OC)cccc2OC)CC1. The van der Waals surface area contributed by atoms with Crippen LogP contribution in [0.4, 0.5) is 0 Å². The molecule has 1 heterocycles. The summed E-state index contributed by atoms with van der Waals surface area (Å²) >= 11 is 0. The molecule has 2 amide bonds. The normalized spacial score (nSPS) is 15.2. The van der Waals surface area contributed by atoms with Crippen molar-refractivity contribution >= 4 is 11.8 Å². The molecule has 0 aliphatic carbocycles. The monoisotopic (exact) mass is 320 g/mol. The zero-order valence-electron chi connectivity index (χ0n) is 13.9. The topological polar surface area (TPSA) is 67.9 Å². The lowest BCUT2D eigenvalue weighted by Crippen LogP contribution is -2.43. The Labute approximate surface area is 136 Å². The minimum Gasteiger partial charge on any atom is -0.496 e. The van der Waals surface area contributed by atoms with Crippen LogP contribution < -0.4 is 14.8 Å². The van der Waals surface area contributed by atoms with Crippen LogP contribution in [0.1, 0.15) is 30.1 Å². The minimum atomic E-state index is -0.117. The number of rotatable bonds is 5. The molecule has 1 aromatic rings. The van der Waals surface area contributed by atoms with Crippen molar-refractivity contribution in [1.29, 1.82) is 0 Å². The van der Waals surface area contributed by atoms with Crippen molar-refractivity contribution in [1.82, 2.24) is 10.2 Å². The van der Waals surface area contributed by atoms with Crippen LogP contribution in [0.2, 0.25) is 0 Å². The first-order valence-corrected chi connectivity index (χ1v) is 7.90. The molecule has 0 bridgehead atoms. The average Bonchev–Trinajstić information content (AvgIpc) is 2.60. The Balaban J connectivity index is 2.10. The largest absolute Gasteiger partial charge is 0.496 e. The van der Waals surface area contributed by atoms with Crippen molar-refractivity contribution in [2.75, 3.05) is 33.9 Å². The zero-order valence-corrected chi connectivity index (χ0v) is 13.9. The summed E-state index contributed by atoms with van der Waals surface area (Å²) in [4.78, 5) is 26.5. The summed E-state index contributed by atoms with van der Waals surface area (Å²) in [5.74, 6) is 0.946. The van der Waals surface area contributed by atoms with Crippen LogP contribution in [0.3, 0.4) is 0 Å². The van der Waals surface area contributed by atoms with E-state index in [0.29, 0.717) is 49.5 Å². The highest BCUT2D eigenvalue weighted by molar-refractivity contribution is 5.99. The number of likely N-dealkylation sites (tertiary alicyclic amines) is 1. The van der Waals surface area contributed by atoms with Crippen molar-refractivity contribution in [3.63, 3.8) is 0 Å². The van der Waals surface area contributed by atoms with Crippen molar-refractivity contribution in [3.8, 4) is 11.5 Å². The lowest BCUT2D eigenvalue weighted by molar-refractivity contribution is -0.126. The van der Waals surface area contributed by atoms with Gasteiger partial charge in [0.2, 0.25) is 5.91 Å². The molecule has 6 nitrogen and oxygen atoms in total. The molecule has 2 rings (SSSR count). The van der Waals surface area contributed by atoms with Crippen molar-refractivity contribution < 1.29 is 19.1 Å². The average molecular weight is 320 g/mol. The van der Waals surface area contributed by atoms with E-state index >= 15 is 0 Å². The van der Waals surface area contributed by atoms with Gasteiger partial charge in [-0.3, -0.25) is 9.59 Å². The van der Waals surface area contributed by atoms with Gasteiger partial charge in [-0.25, -0.2) is 0 Å². The predicted molar refractivity (Wildman–Crippen MR) is 86.9 cm³/mol. The van der Waals surface area contributed by atoms with Gasteiger partial charge in [-0.15, -0.1) is 0 Å². The summed E-state index contributed by atoms with van der Waals surface area (Å²) in [6.45, 7) is 3.66. The lowest BCUT2D eigenvalue weighted by Gasteiger charge is -2.32. The second-order valence-corrected chi connectivity index (χ2v) is 5.50. The van der Waals surface area contributed by atoms with E-state index in [-0.39, 0.29) is 17.7 Å². The summed E-state index contributed by atoms with van der Waals surface area (Å²) in [5.41, 5.74) is 0.439. The summed E-state index contributed by atoms with van der Waals surface area (Å²) < 4.78 is 10.6. The number of amides is 2. The highest BCUT2D eigenvalue weighted by Gasteiger charge is 2.30. The number of methoxy groups -OCH3 is 2. The molecule has 1 aliphatic heterocycles. The van der Waals surface area contributed by atoms with Crippen LogP contribution in [0.25, 0.3) is 0 Å². The van der Waals surface area contributed by atoms with E-state index in [1.54, 1.807) is 23.1 Å². The number of benzene rings is 1. The zero-order chi connectivity index (χ0) is 16.8. The third-order valence-electron chi connectivity index (χ3n) is 4.15. The molecule has 6 heteroatoms. The van der Waals surface area contributed by atoms with E-state index in [1.807, 2.05) is 6.92 Å². The van der Waals surface area contributed by atoms with Gasteiger partial charge in [0.1, 0.15) is 17.1 Å². The quantitative estimate of drug-likeness (QED) is 0.896. The third kappa shape index (κ3) is 3.75. The first-order valence-electron chi connectivity index (χ1n) is 7.90. The first-order chi connectivity index (χ1) is 11.1. The molecule has 1 aliphatic rings. The van der Waals surface area contributed by atoms with Gasteiger partial charge in [0, 0.05) is 25.6 Å². The van der Waals surface area contributed by atoms with E-state index in [2.05, 4.69) is 5.32 Å². The summed E-state index contributed by atoms with van der Waals surface area (Å²) in [7, 11) is 3.07. The number of nitrogens with zero attached hydrogens (tertiary/aromatic N) is 1. The van der Waals surface area contributed by atoms with Gasteiger partial charge < -0.3 is 19.7 Å². The van der Waals surface area contributed by atoms with Crippen LogP contribution in [-0.2, 0) is 4.79 Å². The molecule has 0 atom stereocenters. The summed E-state index contributed by atoms with van der Waals surface area (Å²) in [6.07, 6.45) is 1.35. The van der Waals surface area contributed by atoms with E-state index in [9.17, 15) is 9.59 Å². The maximum absolute atomic E-state index is 12.8. The Morgan fingerprint density at radius 1 is 1.17 bits per heavy atom. The fraction of sp³-hybridized carbons (Fsp3) is 0.529. The Bertz CT molecular complexity index is 543. The Morgan fingerprint density at radius 3 is 2.22 bits per heavy atom. The molecule has 126 valence electrons. The minimum absolute atomic E-state index is 0.0152. The second-order valence-electron chi connectivity index (χ2n) is 5.50. The van der Waals surface area contributed by atoms with Gasteiger partial charge in [-0.2, -0.15) is 0 Å². The maximum atomic E-state index is 12.8. The van der Waals surface area contributed by atoms with E-state index in [4.69, 9.17) is 9.47 Å². The first kappa shape index (κ1) is 17.1. The van der Waals surface area contributed by atoms with Crippen LogP contribution in [0.5, 0.6) is 11.5 Å². The van der Waals surface area contributed by atoms with Gasteiger partial charge in [0.25, 0.3) is 5.91 Å². The van der Waals surface area contributed by atoms with E-state index < -0.39 is 0 Å². The van der Waals surface area contributed by atoms with Gasteiger partial charge in [-0.1, -0.05) is 6.07 Å². The number of carbonyl (C=O) groups excluding carboxylic acids is 2. The van der Waals surface area contributed by atoms with E-state index in [1.165, 1.54) is 14.2 Å².